The summed E-state index contributed by atoms with van der Waals surface area (Å²) in [7, 11) is 7.91. The van der Waals surface area contributed by atoms with Crippen molar-refractivity contribution in [3.63, 3.8) is 0 Å². The van der Waals surface area contributed by atoms with E-state index in [1.54, 1.807) is 7.11 Å². The molecule has 0 spiro atoms. The van der Waals surface area contributed by atoms with Crippen LogP contribution in [0.25, 0.3) is 0 Å². The number of hydrogen-bond donors (Lipinski definition) is 1. The van der Waals surface area contributed by atoms with E-state index in [2.05, 4.69) is 56.9 Å². The van der Waals surface area contributed by atoms with Gasteiger partial charge < -0.3 is 15.0 Å². The fourth-order valence-electron chi connectivity index (χ4n) is 2.13. The van der Waals surface area contributed by atoms with Crippen LogP contribution in [0.5, 0.6) is 0 Å². The molecule has 0 amide bonds. The summed E-state index contributed by atoms with van der Waals surface area (Å²) in [6.45, 7) is 3.98. The first-order chi connectivity index (χ1) is 9.49. The molecule has 2 unspecified atom stereocenters. The van der Waals surface area contributed by atoms with E-state index < -0.39 is 0 Å². The maximum atomic E-state index is 5.33. The molecule has 0 fully saturated rings. The van der Waals surface area contributed by atoms with E-state index in [1.807, 2.05) is 13.2 Å². The maximum Gasteiger partial charge on any atom is 0.0696 e. The van der Waals surface area contributed by atoms with Crippen molar-refractivity contribution < 1.29 is 4.74 Å². The van der Waals surface area contributed by atoms with E-state index in [-0.39, 0.29) is 12.1 Å². The lowest BCUT2D eigenvalue weighted by Gasteiger charge is -2.21. The topological polar surface area (TPSA) is 42.3 Å². The Morgan fingerprint density at radius 2 is 2.15 bits per heavy atom. The van der Waals surface area contributed by atoms with E-state index in [9.17, 15) is 0 Å². The number of aromatic nitrogens is 2. The Labute approximate surface area is 130 Å². The molecule has 0 aromatic carbocycles. The van der Waals surface area contributed by atoms with Crippen molar-refractivity contribution in [2.45, 2.75) is 38.5 Å². The Balaban J connectivity index is 2.77. The highest BCUT2D eigenvalue weighted by Gasteiger charge is 2.19. The van der Waals surface area contributed by atoms with Crippen LogP contribution in [0.3, 0.4) is 0 Å². The predicted octanol–water partition coefficient (Wildman–Crippen LogP) is 2.28. The fourth-order valence-corrected chi connectivity index (χ4v) is 2.70. The third-order valence-electron chi connectivity index (χ3n) is 3.54. The molecule has 0 aliphatic carbocycles. The molecule has 20 heavy (non-hydrogen) atoms. The minimum absolute atomic E-state index is 0.280. The standard InChI is InChI=1S/C14H27BrN4O/c1-11(20-5)6-7-13(16-2)14-12(15)10-17-19(14)9-8-18(3)4/h10-11,13,16H,6-9H2,1-5H3. The van der Waals surface area contributed by atoms with Crippen LogP contribution in [-0.4, -0.2) is 55.6 Å². The van der Waals surface area contributed by atoms with Gasteiger partial charge >= 0.3 is 0 Å². The summed E-state index contributed by atoms with van der Waals surface area (Å²) in [6.07, 6.45) is 4.21. The van der Waals surface area contributed by atoms with Gasteiger partial charge in [0.1, 0.15) is 0 Å². The zero-order chi connectivity index (χ0) is 15.1. The van der Waals surface area contributed by atoms with Crippen LogP contribution in [0, 0.1) is 0 Å². The van der Waals surface area contributed by atoms with Gasteiger partial charge in [-0.25, -0.2) is 0 Å². The quantitative estimate of drug-likeness (QED) is 0.744. The Morgan fingerprint density at radius 1 is 1.45 bits per heavy atom. The molecular formula is C14H27BrN4O. The largest absolute Gasteiger partial charge is 0.382 e. The molecule has 2 atom stereocenters. The number of nitrogens with one attached hydrogen (secondary N) is 1. The predicted molar refractivity (Wildman–Crippen MR) is 86.0 cm³/mol. The van der Waals surface area contributed by atoms with Gasteiger partial charge in [0.2, 0.25) is 0 Å². The molecule has 1 heterocycles. The Bertz CT molecular complexity index is 395. The highest BCUT2D eigenvalue weighted by Crippen LogP contribution is 2.27. The van der Waals surface area contributed by atoms with Crippen LogP contribution in [0.2, 0.25) is 0 Å². The van der Waals surface area contributed by atoms with E-state index in [0.717, 1.165) is 30.4 Å². The lowest BCUT2D eigenvalue weighted by molar-refractivity contribution is 0.106. The number of rotatable bonds is 9. The van der Waals surface area contributed by atoms with Crippen molar-refractivity contribution in [1.82, 2.24) is 20.0 Å². The van der Waals surface area contributed by atoms with Crippen molar-refractivity contribution in [2.75, 3.05) is 34.8 Å². The molecule has 0 aliphatic heterocycles. The molecule has 0 radical (unpaired) electrons. The summed E-state index contributed by atoms with van der Waals surface area (Å²) in [5, 5.41) is 7.87. The number of ether oxygens (including phenoxy) is 1. The molecule has 0 saturated carbocycles. The van der Waals surface area contributed by atoms with E-state index in [4.69, 9.17) is 4.74 Å². The van der Waals surface area contributed by atoms with Gasteiger partial charge in [0.25, 0.3) is 0 Å². The van der Waals surface area contributed by atoms with Crippen LogP contribution in [-0.2, 0) is 11.3 Å². The van der Waals surface area contributed by atoms with Gasteiger partial charge in [0.15, 0.2) is 0 Å². The number of likely N-dealkylation sites (N-methyl/N-ethyl adjacent to an activating group) is 1. The zero-order valence-electron chi connectivity index (χ0n) is 13.2. The SMILES string of the molecule is CNC(CCC(C)OC)c1c(Br)cnn1CCN(C)C. The first-order valence-corrected chi connectivity index (χ1v) is 7.84. The first-order valence-electron chi connectivity index (χ1n) is 7.05. The lowest BCUT2D eigenvalue weighted by Crippen LogP contribution is -2.25. The summed E-state index contributed by atoms with van der Waals surface area (Å²) in [6, 6.07) is 0.284. The average Bonchev–Trinajstić information content (AvgIpc) is 2.78. The van der Waals surface area contributed by atoms with E-state index >= 15 is 0 Å². The summed E-state index contributed by atoms with van der Waals surface area (Å²) < 4.78 is 8.49. The molecular weight excluding hydrogens is 320 g/mol. The van der Waals surface area contributed by atoms with Crippen molar-refractivity contribution in [3.8, 4) is 0 Å². The minimum atomic E-state index is 0.280. The number of halogens is 1. The molecule has 1 rings (SSSR count). The summed E-state index contributed by atoms with van der Waals surface area (Å²) in [5.74, 6) is 0. The zero-order valence-corrected chi connectivity index (χ0v) is 14.8. The van der Waals surface area contributed by atoms with E-state index in [0.29, 0.717) is 0 Å². The third kappa shape index (κ3) is 5.16. The minimum Gasteiger partial charge on any atom is -0.382 e. The number of methoxy groups -OCH3 is 1. The lowest BCUT2D eigenvalue weighted by atomic mass is 10.1. The number of nitrogens with zero attached hydrogens (tertiary/aromatic N) is 3. The average molecular weight is 347 g/mol. The Hall–Kier alpha value is -0.430. The van der Waals surface area contributed by atoms with Crippen LogP contribution in [0.1, 0.15) is 31.5 Å². The van der Waals surface area contributed by atoms with Gasteiger partial charge in [-0.3, -0.25) is 4.68 Å². The Morgan fingerprint density at radius 3 is 2.70 bits per heavy atom. The van der Waals surface area contributed by atoms with Gasteiger partial charge in [0.05, 0.1) is 35.1 Å². The normalized spacial score (nSPS) is 14.8. The molecule has 0 saturated heterocycles. The van der Waals surface area contributed by atoms with Crippen LogP contribution in [0.4, 0.5) is 0 Å². The van der Waals surface area contributed by atoms with Crippen LogP contribution in [0.15, 0.2) is 10.7 Å². The molecule has 1 aromatic rings. The Kier molecular flexibility index (Phi) is 7.72. The van der Waals surface area contributed by atoms with Gasteiger partial charge in [-0.2, -0.15) is 5.10 Å². The third-order valence-corrected chi connectivity index (χ3v) is 4.15. The van der Waals surface area contributed by atoms with Gasteiger partial charge in [-0.15, -0.1) is 0 Å². The molecule has 0 bridgehead atoms. The first kappa shape index (κ1) is 17.6. The highest BCUT2D eigenvalue weighted by molar-refractivity contribution is 9.10. The van der Waals surface area contributed by atoms with Crippen LogP contribution < -0.4 is 5.32 Å². The summed E-state index contributed by atoms with van der Waals surface area (Å²) in [4.78, 5) is 2.17. The van der Waals surface area contributed by atoms with E-state index in [1.165, 1.54) is 5.69 Å². The second-order valence-electron chi connectivity index (χ2n) is 5.37. The second-order valence-corrected chi connectivity index (χ2v) is 6.22. The summed E-state index contributed by atoms with van der Waals surface area (Å²) in [5.41, 5.74) is 1.22. The molecule has 1 aromatic heterocycles. The fraction of sp³-hybridized carbons (Fsp3) is 0.786. The molecule has 0 aliphatic rings. The van der Waals surface area contributed by atoms with Gasteiger partial charge in [-0.05, 0) is 56.8 Å². The van der Waals surface area contributed by atoms with Gasteiger partial charge in [-0.1, -0.05) is 0 Å². The smallest absolute Gasteiger partial charge is 0.0696 e. The monoisotopic (exact) mass is 346 g/mol. The molecule has 1 N–H and O–H groups in total. The molecule has 6 heteroatoms. The number of hydrogen-bond acceptors (Lipinski definition) is 4. The second kappa shape index (κ2) is 8.77. The molecule has 5 nitrogen and oxygen atoms in total. The molecule has 116 valence electrons. The highest BCUT2D eigenvalue weighted by atomic mass is 79.9. The van der Waals surface area contributed by atoms with Crippen molar-refractivity contribution in [3.05, 3.63) is 16.4 Å². The van der Waals surface area contributed by atoms with Crippen LogP contribution >= 0.6 is 15.9 Å². The van der Waals surface area contributed by atoms with Crippen molar-refractivity contribution in [1.29, 1.82) is 0 Å². The maximum absolute atomic E-state index is 5.33. The summed E-state index contributed by atoms with van der Waals surface area (Å²) >= 11 is 3.62. The van der Waals surface area contributed by atoms with Crippen molar-refractivity contribution in [2.24, 2.45) is 0 Å². The van der Waals surface area contributed by atoms with Crippen molar-refractivity contribution >= 4 is 15.9 Å². The van der Waals surface area contributed by atoms with Gasteiger partial charge in [0, 0.05) is 13.7 Å².